The summed E-state index contributed by atoms with van der Waals surface area (Å²) in [7, 11) is 1.33. The van der Waals surface area contributed by atoms with Crippen molar-refractivity contribution in [1.29, 1.82) is 0 Å². The van der Waals surface area contributed by atoms with E-state index in [-0.39, 0.29) is 0 Å². The number of H-pyrrole nitrogens is 1. The van der Waals surface area contributed by atoms with Crippen LogP contribution in [0.1, 0.15) is 0 Å². The van der Waals surface area contributed by atoms with Gasteiger partial charge in [-0.1, -0.05) is 0 Å². The smallest absolute Gasteiger partial charge is 0.208 e. The quantitative estimate of drug-likeness (QED) is 0.526. The van der Waals surface area contributed by atoms with Crippen molar-refractivity contribution in [2.45, 2.75) is 0 Å². The van der Waals surface area contributed by atoms with Crippen LogP contribution in [0.4, 0.5) is 0 Å². The summed E-state index contributed by atoms with van der Waals surface area (Å²) in [5.74, 6) is 0. The van der Waals surface area contributed by atoms with E-state index < -0.39 is 9.76 Å². The SMILES string of the molecule is CO[SiH2]c1ccc[nH]1. The fourth-order valence-electron chi connectivity index (χ4n) is 0.613. The van der Waals surface area contributed by atoms with Crippen LogP contribution < -0.4 is 5.32 Å². The van der Waals surface area contributed by atoms with E-state index in [1.807, 2.05) is 12.3 Å². The molecule has 1 aromatic heterocycles. The van der Waals surface area contributed by atoms with Gasteiger partial charge in [0.1, 0.15) is 0 Å². The number of aromatic nitrogens is 1. The molecule has 0 aliphatic carbocycles. The predicted molar refractivity (Wildman–Crippen MR) is 36.0 cm³/mol. The lowest BCUT2D eigenvalue weighted by Gasteiger charge is -1.89. The number of nitrogens with one attached hydrogen (secondary N) is 1. The highest BCUT2D eigenvalue weighted by molar-refractivity contribution is 6.45. The standard InChI is InChI=1S/C5H9NOSi/c1-7-8-5-3-2-4-6-5/h2-4,6H,8H2,1H3. The summed E-state index contributed by atoms with van der Waals surface area (Å²) in [6.45, 7) is 0. The van der Waals surface area contributed by atoms with Crippen LogP contribution >= 0.6 is 0 Å². The second-order valence-corrected chi connectivity index (χ2v) is 3.26. The molecule has 0 amide bonds. The Labute approximate surface area is 50.8 Å². The highest BCUT2D eigenvalue weighted by Gasteiger charge is 1.87. The first kappa shape index (κ1) is 5.59. The molecule has 0 aliphatic heterocycles. The van der Waals surface area contributed by atoms with Crippen LogP contribution in [-0.4, -0.2) is 21.9 Å². The third kappa shape index (κ3) is 1.21. The van der Waals surface area contributed by atoms with E-state index in [9.17, 15) is 0 Å². The van der Waals surface area contributed by atoms with E-state index in [1.165, 1.54) is 5.32 Å². The molecule has 0 aliphatic rings. The maximum Gasteiger partial charge on any atom is 0.208 e. The van der Waals surface area contributed by atoms with E-state index in [4.69, 9.17) is 4.43 Å². The first-order valence-electron chi connectivity index (χ1n) is 2.54. The lowest BCUT2D eigenvalue weighted by Crippen LogP contribution is -2.15. The molecule has 0 saturated carbocycles. The van der Waals surface area contributed by atoms with Gasteiger partial charge in [0.2, 0.25) is 9.76 Å². The Kier molecular flexibility index (Phi) is 1.88. The zero-order valence-corrected chi connectivity index (χ0v) is 6.26. The second kappa shape index (κ2) is 2.69. The van der Waals surface area contributed by atoms with Gasteiger partial charge in [-0.25, -0.2) is 0 Å². The highest BCUT2D eigenvalue weighted by Crippen LogP contribution is 1.73. The Balaban J connectivity index is 2.50. The van der Waals surface area contributed by atoms with Crippen molar-refractivity contribution in [2.24, 2.45) is 0 Å². The number of rotatable bonds is 2. The highest BCUT2D eigenvalue weighted by atomic mass is 28.2. The summed E-state index contributed by atoms with van der Waals surface area (Å²) < 4.78 is 4.99. The van der Waals surface area contributed by atoms with Crippen molar-refractivity contribution in [2.75, 3.05) is 7.11 Å². The molecule has 1 heterocycles. The van der Waals surface area contributed by atoms with Crippen molar-refractivity contribution in [3.05, 3.63) is 18.3 Å². The van der Waals surface area contributed by atoms with Crippen molar-refractivity contribution in [3.63, 3.8) is 0 Å². The van der Waals surface area contributed by atoms with Gasteiger partial charge in [0, 0.05) is 18.6 Å². The Hall–Kier alpha value is -0.543. The van der Waals surface area contributed by atoms with Gasteiger partial charge in [0.25, 0.3) is 0 Å². The van der Waals surface area contributed by atoms with Crippen LogP contribution in [0.5, 0.6) is 0 Å². The van der Waals surface area contributed by atoms with Crippen molar-refractivity contribution in [3.8, 4) is 0 Å². The molecule has 0 aromatic carbocycles. The molecule has 0 atom stereocenters. The molecule has 44 valence electrons. The average molecular weight is 127 g/mol. The van der Waals surface area contributed by atoms with E-state index in [1.54, 1.807) is 7.11 Å². The third-order valence-electron chi connectivity index (χ3n) is 0.962. The van der Waals surface area contributed by atoms with Gasteiger partial charge in [-0.05, 0) is 12.1 Å². The first-order chi connectivity index (χ1) is 3.93. The fraction of sp³-hybridized carbons (Fsp3) is 0.200. The average Bonchev–Trinajstić information content (AvgIpc) is 2.19. The minimum Gasteiger partial charge on any atom is -0.420 e. The lowest BCUT2D eigenvalue weighted by atomic mass is 10.7. The molecule has 2 nitrogen and oxygen atoms in total. The molecule has 1 aromatic rings. The normalized spacial score (nSPS) is 11.1. The summed E-state index contributed by atoms with van der Waals surface area (Å²) in [6, 6.07) is 4.04. The number of aromatic amines is 1. The lowest BCUT2D eigenvalue weighted by molar-refractivity contribution is 0.450. The molecule has 3 heteroatoms. The van der Waals surface area contributed by atoms with Gasteiger partial charge in [0.15, 0.2) is 0 Å². The Morgan fingerprint density at radius 3 is 3.12 bits per heavy atom. The Morgan fingerprint density at radius 1 is 1.75 bits per heavy atom. The molecule has 0 fully saturated rings. The van der Waals surface area contributed by atoms with Crippen molar-refractivity contribution >= 4 is 15.1 Å². The summed E-state index contributed by atoms with van der Waals surface area (Å²) in [6.07, 6.45) is 1.92. The van der Waals surface area contributed by atoms with Gasteiger partial charge >= 0.3 is 0 Å². The molecular weight excluding hydrogens is 118 g/mol. The van der Waals surface area contributed by atoms with Gasteiger partial charge in [-0.3, -0.25) is 0 Å². The Bertz CT molecular complexity index is 138. The van der Waals surface area contributed by atoms with Crippen LogP contribution in [0, 0.1) is 0 Å². The van der Waals surface area contributed by atoms with E-state index in [2.05, 4.69) is 11.1 Å². The number of hydrogen-bond donors (Lipinski definition) is 1. The minimum absolute atomic E-state index is 0.414. The van der Waals surface area contributed by atoms with Gasteiger partial charge in [-0.15, -0.1) is 0 Å². The molecule has 1 N–H and O–H groups in total. The maximum absolute atomic E-state index is 4.99. The topological polar surface area (TPSA) is 25.0 Å². The van der Waals surface area contributed by atoms with Gasteiger partial charge in [-0.2, -0.15) is 0 Å². The third-order valence-corrected chi connectivity index (χ3v) is 2.00. The van der Waals surface area contributed by atoms with Gasteiger partial charge in [0.05, 0.1) is 0 Å². The zero-order chi connectivity index (χ0) is 5.82. The van der Waals surface area contributed by atoms with Crippen LogP contribution in [0.25, 0.3) is 0 Å². The largest absolute Gasteiger partial charge is 0.420 e. The molecular formula is C5H9NOSi. The number of hydrogen-bond acceptors (Lipinski definition) is 1. The second-order valence-electron chi connectivity index (χ2n) is 1.63. The van der Waals surface area contributed by atoms with E-state index in [0.29, 0.717) is 0 Å². The van der Waals surface area contributed by atoms with Crippen molar-refractivity contribution < 1.29 is 4.43 Å². The van der Waals surface area contributed by atoms with E-state index >= 15 is 0 Å². The van der Waals surface area contributed by atoms with Crippen LogP contribution in [0.15, 0.2) is 18.3 Å². The van der Waals surface area contributed by atoms with Crippen LogP contribution in [-0.2, 0) is 4.43 Å². The minimum atomic E-state index is -0.414. The van der Waals surface area contributed by atoms with Gasteiger partial charge < -0.3 is 9.41 Å². The monoisotopic (exact) mass is 127 g/mol. The Morgan fingerprint density at radius 2 is 2.62 bits per heavy atom. The summed E-state index contributed by atoms with van der Waals surface area (Å²) in [4.78, 5) is 3.07. The summed E-state index contributed by atoms with van der Waals surface area (Å²) in [5, 5.41) is 1.26. The van der Waals surface area contributed by atoms with Crippen LogP contribution in [0.2, 0.25) is 0 Å². The summed E-state index contributed by atoms with van der Waals surface area (Å²) in [5.41, 5.74) is 0. The zero-order valence-electron chi connectivity index (χ0n) is 4.85. The van der Waals surface area contributed by atoms with Crippen molar-refractivity contribution in [1.82, 2.24) is 4.98 Å². The predicted octanol–water partition coefficient (Wildman–Crippen LogP) is -0.630. The molecule has 0 bridgehead atoms. The molecule has 1 rings (SSSR count). The summed E-state index contributed by atoms with van der Waals surface area (Å²) >= 11 is 0. The van der Waals surface area contributed by atoms with E-state index in [0.717, 1.165) is 0 Å². The molecule has 8 heavy (non-hydrogen) atoms. The maximum atomic E-state index is 4.99. The molecule has 0 spiro atoms. The fourth-order valence-corrected chi connectivity index (χ4v) is 1.36. The first-order valence-corrected chi connectivity index (χ1v) is 3.83. The molecule has 0 radical (unpaired) electrons. The molecule has 0 unspecified atom stereocenters. The van der Waals surface area contributed by atoms with Crippen LogP contribution in [0.3, 0.4) is 0 Å². The molecule has 0 saturated heterocycles.